The zero-order valence-electron chi connectivity index (χ0n) is 12.9. The lowest BCUT2D eigenvalue weighted by Gasteiger charge is -2.10. The Morgan fingerprint density at radius 3 is 2.65 bits per heavy atom. The number of nitrogens with zero attached hydrogens (tertiary/aromatic N) is 2. The highest BCUT2D eigenvalue weighted by molar-refractivity contribution is 5.57. The van der Waals surface area contributed by atoms with Gasteiger partial charge in [0, 0.05) is 31.0 Å². The van der Waals surface area contributed by atoms with Crippen LogP contribution in [0.5, 0.6) is 0 Å². The molecule has 0 aliphatic carbocycles. The number of hydrogen-bond donors (Lipinski definition) is 1. The number of aromatic nitrogens is 2. The summed E-state index contributed by atoms with van der Waals surface area (Å²) in [6.45, 7) is 2.13. The van der Waals surface area contributed by atoms with Crippen molar-refractivity contribution < 1.29 is 17.9 Å². The van der Waals surface area contributed by atoms with E-state index in [-0.39, 0.29) is 6.42 Å². The van der Waals surface area contributed by atoms with Crippen LogP contribution in [-0.2, 0) is 17.8 Å². The number of benzene rings is 1. The maximum atomic E-state index is 12.3. The number of anilines is 2. The first-order valence-corrected chi connectivity index (χ1v) is 7.12. The van der Waals surface area contributed by atoms with Gasteiger partial charge < -0.3 is 10.1 Å². The quantitative estimate of drug-likeness (QED) is 0.866. The SMILES string of the molecule is COCc1nc(C)cc(Nc2cccc(CCC(F)(F)F)c2)n1. The summed E-state index contributed by atoms with van der Waals surface area (Å²) in [7, 11) is 1.56. The molecule has 1 aromatic heterocycles. The van der Waals surface area contributed by atoms with Crippen LogP contribution in [0.4, 0.5) is 24.7 Å². The molecule has 0 bridgehead atoms. The Morgan fingerprint density at radius 1 is 1.17 bits per heavy atom. The molecule has 0 saturated carbocycles. The second-order valence-electron chi connectivity index (χ2n) is 5.18. The predicted octanol–water partition coefficient (Wildman–Crippen LogP) is 4.17. The number of nitrogens with one attached hydrogen (secondary N) is 1. The van der Waals surface area contributed by atoms with Crippen molar-refractivity contribution in [1.82, 2.24) is 9.97 Å². The zero-order chi connectivity index (χ0) is 16.9. The lowest BCUT2D eigenvalue weighted by atomic mass is 10.1. The first kappa shape index (κ1) is 17.2. The average Bonchev–Trinajstić information content (AvgIpc) is 2.44. The van der Waals surface area contributed by atoms with E-state index in [1.807, 2.05) is 6.92 Å². The van der Waals surface area contributed by atoms with Gasteiger partial charge >= 0.3 is 6.18 Å². The van der Waals surface area contributed by atoms with Crippen molar-refractivity contribution in [3.05, 3.63) is 47.4 Å². The number of alkyl halides is 3. The van der Waals surface area contributed by atoms with E-state index >= 15 is 0 Å². The minimum Gasteiger partial charge on any atom is -0.377 e. The van der Waals surface area contributed by atoms with Gasteiger partial charge in [0.05, 0.1) is 0 Å². The van der Waals surface area contributed by atoms with Crippen molar-refractivity contribution in [2.24, 2.45) is 0 Å². The molecule has 1 heterocycles. The summed E-state index contributed by atoms with van der Waals surface area (Å²) < 4.78 is 41.9. The van der Waals surface area contributed by atoms with Crippen LogP contribution in [0.1, 0.15) is 23.5 Å². The first-order chi connectivity index (χ1) is 10.9. The Kier molecular flexibility index (Phi) is 5.54. The van der Waals surface area contributed by atoms with Gasteiger partial charge in [-0.15, -0.1) is 0 Å². The third-order valence-electron chi connectivity index (χ3n) is 3.07. The minimum absolute atomic E-state index is 0.0449. The van der Waals surface area contributed by atoms with Crippen LogP contribution < -0.4 is 5.32 Å². The number of rotatable bonds is 6. The maximum Gasteiger partial charge on any atom is 0.389 e. The van der Waals surface area contributed by atoms with Gasteiger partial charge in [-0.1, -0.05) is 12.1 Å². The van der Waals surface area contributed by atoms with Crippen LogP contribution in [0.3, 0.4) is 0 Å². The van der Waals surface area contributed by atoms with Crippen molar-refractivity contribution in [1.29, 1.82) is 0 Å². The summed E-state index contributed by atoms with van der Waals surface area (Å²) in [4.78, 5) is 8.54. The molecule has 0 saturated heterocycles. The molecule has 0 fully saturated rings. The molecule has 2 rings (SSSR count). The first-order valence-electron chi connectivity index (χ1n) is 7.12. The number of aryl methyl sites for hydroxylation is 2. The Labute approximate surface area is 132 Å². The van der Waals surface area contributed by atoms with E-state index < -0.39 is 12.6 Å². The highest BCUT2D eigenvalue weighted by Gasteiger charge is 2.26. The van der Waals surface area contributed by atoms with Gasteiger partial charge in [-0.2, -0.15) is 13.2 Å². The Bertz CT molecular complexity index is 659. The fourth-order valence-electron chi connectivity index (χ4n) is 2.13. The summed E-state index contributed by atoms with van der Waals surface area (Å²) in [6, 6.07) is 8.64. The molecule has 0 aliphatic heterocycles. The minimum atomic E-state index is -4.15. The topological polar surface area (TPSA) is 47.0 Å². The van der Waals surface area contributed by atoms with Gasteiger partial charge in [0.15, 0.2) is 5.82 Å². The molecule has 0 aliphatic rings. The molecule has 0 amide bonds. The van der Waals surface area contributed by atoms with E-state index in [0.29, 0.717) is 29.5 Å². The maximum absolute atomic E-state index is 12.3. The number of methoxy groups -OCH3 is 1. The average molecular weight is 325 g/mol. The Morgan fingerprint density at radius 2 is 1.96 bits per heavy atom. The van der Waals surface area contributed by atoms with E-state index in [1.165, 1.54) is 0 Å². The molecule has 7 heteroatoms. The molecular formula is C16H18F3N3O. The third-order valence-corrected chi connectivity index (χ3v) is 3.07. The lowest BCUT2D eigenvalue weighted by Crippen LogP contribution is -2.08. The molecule has 1 N–H and O–H groups in total. The summed E-state index contributed by atoms with van der Waals surface area (Å²) >= 11 is 0. The van der Waals surface area contributed by atoms with E-state index in [9.17, 15) is 13.2 Å². The second kappa shape index (κ2) is 7.41. The highest BCUT2D eigenvalue weighted by Crippen LogP contribution is 2.24. The van der Waals surface area contributed by atoms with Crippen molar-refractivity contribution in [2.75, 3.05) is 12.4 Å². The normalized spacial score (nSPS) is 11.5. The Balaban J connectivity index is 2.11. The van der Waals surface area contributed by atoms with Gasteiger partial charge in [0.1, 0.15) is 12.4 Å². The molecule has 23 heavy (non-hydrogen) atoms. The molecule has 124 valence electrons. The van der Waals surface area contributed by atoms with Gasteiger partial charge in [-0.25, -0.2) is 9.97 Å². The van der Waals surface area contributed by atoms with Gasteiger partial charge in [-0.05, 0) is 31.0 Å². The van der Waals surface area contributed by atoms with E-state index in [0.717, 1.165) is 5.69 Å². The fourth-order valence-corrected chi connectivity index (χ4v) is 2.13. The van der Waals surface area contributed by atoms with E-state index in [1.54, 1.807) is 37.4 Å². The van der Waals surface area contributed by atoms with Gasteiger partial charge in [-0.3, -0.25) is 0 Å². The van der Waals surface area contributed by atoms with Crippen molar-refractivity contribution in [3.8, 4) is 0 Å². The van der Waals surface area contributed by atoms with Crippen LogP contribution in [-0.4, -0.2) is 23.3 Å². The van der Waals surface area contributed by atoms with Crippen LogP contribution in [0, 0.1) is 6.92 Å². The van der Waals surface area contributed by atoms with Crippen molar-refractivity contribution >= 4 is 11.5 Å². The van der Waals surface area contributed by atoms with Crippen molar-refractivity contribution in [3.63, 3.8) is 0 Å². The number of ether oxygens (including phenoxy) is 1. The lowest BCUT2D eigenvalue weighted by molar-refractivity contribution is -0.133. The summed E-state index contributed by atoms with van der Waals surface area (Å²) in [5.74, 6) is 1.13. The summed E-state index contributed by atoms with van der Waals surface area (Å²) in [5.41, 5.74) is 2.09. The molecule has 0 atom stereocenters. The van der Waals surface area contributed by atoms with Crippen LogP contribution in [0.2, 0.25) is 0 Å². The smallest absolute Gasteiger partial charge is 0.377 e. The molecule has 0 radical (unpaired) electrons. The van der Waals surface area contributed by atoms with Crippen LogP contribution in [0.25, 0.3) is 0 Å². The summed E-state index contributed by atoms with van der Waals surface area (Å²) in [5, 5.41) is 3.09. The van der Waals surface area contributed by atoms with Crippen LogP contribution >= 0.6 is 0 Å². The van der Waals surface area contributed by atoms with E-state index in [4.69, 9.17) is 4.74 Å². The highest BCUT2D eigenvalue weighted by atomic mass is 19.4. The van der Waals surface area contributed by atoms with Gasteiger partial charge in [0.2, 0.25) is 0 Å². The monoisotopic (exact) mass is 325 g/mol. The van der Waals surface area contributed by atoms with Gasteiger partial charge in [0.25, 0.3) is 0 Å². The zero-order valence-corrected chi connectivity index (χ0v) is 12.9. The third kappa shape index (κ3) is 5.86. The molecule has 1 aromatic carbocycles. The van der Waals surface area contributed by atoms with Crippen LogP contribution in [0.15, 0.2) is 30.3 Å². The van der Waals surface area contributed by atoms with E-state index in [2.05, 4.69) is 15.3 Å². The molecule has 0 spiro atoms. The summed E-state index contributed by atoms with van der Waals surface area (Å²) in [6.07, 6.45) is -5.03. The largest absolute Gasteiger partial charge is 0.389 e. The molecule has 2 aromatic rings. The fraction of sp³-hybridized carbons (Fsp3) is 0.375. The standard InChI is InChI=1S/C16H18F3N3O/c1-11-8-14(22-15(20-11)10-23-2)21-13-5-3-4-12(9-13)6-7-16(17,18)19/h3-5,8-9H,6-7,10H2,1-2H3,(H,20,21,22). The number of hydrogen-bond acceptors (Lipinski definition) is 4. The molecular weight excluding hydrogens is 307 g/mol. The van der Waals surface area contributed by atoms with Crippen molar-refractivity contribution in [2.45, 2.75) is 32.5 Å². The number of halogens is 3. The molecule has 4 nitrogen and oxygen atoms in total. The predicted molar refractivity (Wildman–Crippen MR) is 81.6 cm³/mol. The molecule has 0 unspecified atom stereocenters. The Hall–Kier alpha value is -2.15. The second-order valence-corrected chi connectivity index (χ2v) is 5.18.